The first-order valence-corrected chi connectivity index (χ1v) is 7.44. The van der Waals surface area contributed by atoms with Gasteiger partial charge < -0.3 is 5.11 Å². The van der Waals surface area contributed by atoms with E-state index >= 15 is 0 Å². The van der Waals surface area contributed by atoms with Crippen molar-refractivity contribution in [3.63, 3.8) is 0 Å². The Hall–Kier alpha value is -1.91. The second-order valence-electron chi connectivity index (χ2n) is 3.75. The highest BCUT2D eigenvalue weighted by molar-refractivity contribution is 7.92. The fraction of sp³-hybridized carbons (Fsp3) is 0.111. The van der Waals surface area contributed by atoms with Crippen LogP contribution in [-0.2, 0) is 17.1 Å². The number of hydrogen-bond donors (Lipinski definition) is 2. The van der Waals surface area contributed by atoms with Gasteiger partial charge in [0, 0.05) is 0 Å². The zero-order chi connectivity index (χ0) is 15.8. The largest absolute Gasteiger partial charge is 0.478 e. The van der Waals surface area contributed by atoms with E-state index in [4.69, 9.17) is 28.3 Å². The van der Waals surface area contributed by atoms with E-state index in [1.54, 1.807) is 0 Å². The van der Waals surface area contributed by atoms with Crippen molar-refractivity contribution in [2.75, 3.05) is 4.72 Å². The van der Waals surface area contributed by atoms with Gasteiger partial charge in [0.05, 0.1) is 22.7 Å². The Balaban J connectivity index is 2.50. The first-order valence-electron chi connectivity index (χ1n) is 5.20. The first kappa shape index (κ1) is 15.5. The van der Waals surface area contributed by atoms with Gasteiger partial charge in [0.1, 0.15) is 4.90 Å². The average molecular weight is 352 g/mol. The lowest BCUT2D eigenvalue weighted by molar-refractivity contribution is 0.0697. The van der Waals surface area contributed by atoms with E-state index in [-0.39, 0.29) is 11.0 Å². The summed E-state index contributed by atoms with van der Waals surface area (Å²) < 4.78 is 26.4. The van der Waals surface area contributed by atoms with Gasteiger partial charge in [0.25, 0.3) is 16.0 Å². The van der Waals surface area contributed by atoms with Crippen LogP contribution in [0.3, 0.4) is 0 Å². The number of hydrogen-bond acceptors (Lipinski definition) is 6. The molecule has 1 aromatic carbocycles. The van der Waals surface area contributed by atoms with Crippen LogP contribution in [0.4, 0.5) is 5.95 Å². The zero-order valence-corrected chi connectivity index (χ0v) is 12.6. The van der Waals surface area contributed by atoms with Gasteiger partial charge in [-0.3, -0.25) is 0 Å². The number of carboxylic acid groups (broad SMARTS) is 1. The number of carbonyl (C=O) groups is 1. The summed E-state index contributed by atoms with van der Waals surface area (Å²) in [7, 11) is -2.74. The van der Waals surface area contributed by atoms with E-state index in [1.165, 1.54) is 7.05 Å². The molecule has 0 saturated carbocycles. The Morgan fingerprint density at radius 2 is 2.05 bits per heavy atom. The molecule has 0 aliphatic rings. The average Bonchev–Trinajstić information content (AvgIpc) is 2.72. The molecule has 9 nitrogen and oxygen atoms in total. The molecule has 2 aromatic rings. The van der Waals surface area contributed by atoms with Crippen LogP contribution >= 0.6 is 23.2 Å². The topological polar surface area (TPSA) is 127 Å². The number of carboxylic acids is 1. The van der Waals surface area contributed by atoms with E-state index in [0.717, 1.165) is 16.9 Å². The number of tetrazole rings is 1. The molecule has 21 heavy (non-hydrogen) atoms. The van der Waals surface area contributed by atoms with Crippen molar-refractivity contribution < 1.29 is 18.3 Å². The second kappa shape index (κ2) is 5.47. The van der Waals surface area contributed by atoms with Crippen molar-refractivity contribution in [1.29, 1.82) is 0 Å². The zero-order valence-electron chi connectivity index (χ0n) is 10.3. The van der Waals surface area contributed by atoms with Crippen molar-refractivity contribution in [3.8, 4) is 0 Å². The third-order valence-electron chi connectivity index (χ3n) is 2.29. The third kappa shape index (κ3) is 3.06. The summed E-state index contributed by atoms with van der Waals surface area (Å²) in [5.74, 6) is -1.72. The van der Waals surface area contributed by atoms with Crippen molar-refractivity contribution in [3.05, 3.63) is 27.7 Å². The summed E-state index contributed by atoms with van der Waals surface area (Å²) >= 11 is 11.5. The fourth-order valence-corrected chi connectivity index (χ4v) is 3.29. The Morgan fingerprint density at radius 3 is 2.57 bits per heavy atom. The summed E-state index contributed by atoms with van der Waals surface area (Å²) in [6.45, 7) is 0. The molecule has 0 unspecified atom stereocenters. The van der Waals surface area contributed by atoms with E-state index < -0.39 is 31.5 Å². The Bertz CT molecular complexity index is 820. The van der Waals surface area contributed by atoms with E-state index in [0.29, 0.717) is 0 Å². The molecule has 0 aliphatic heterocycles. The smallest absolute Gasteiger partial charge is 0.338 e. The molecule has 112 valence electrons. The summed E-state index contributed by atoms with van der Waals surface area (Å²) in [6, 6.07) is 2.20. The molecule has 0 atom stereocenters. The maximum absolute atomic E-state index is 12.2. The lowest BCUT2D eigenvalue weighted by atomic mass is 10.2. The number of rotatable bonds is 4. The second-order valence-corrected chi connectivity index (χ2v) is 6.18. The molecule has 2 N–H and O–H groups in total. The van der Waals surface area contributed by atoms with Crippen LogP contribution in [0, 0.1) is 0 Å². The van der Waals surface area contributed by atoms with Crippen LogP contribution in [0.2, 0.25) is 10.0 Å². The molecule has 0 aliphatic carbocycles. The minimum absolute atomic E-state index is 0.177. The van der Waals surface area contributed by atoms with Crippen LogP contribution in [0.5, 0.6) is 0 Å². The Kier molecular flexibility index (Phi) is 4.03. The SMILES string of the molecule is Cn1nnc(NS(=O)(=O)c2ccc(Cl)c(C(=O)O)c2Cl)n1. The summed E-state index contributed by atoms with van der Waals surface area (Å²) in [4.78, 5) is 11.6. The standard InChI is InChI=1S/C9H7Cl2N5O4S/c1-16-13-9(12-15-16)14-21(19,20)5-3-2-4(10)6(7(5)11)8(17)18/h2-3H,1H3,(H,13,14)(H,17,18). The van der Waals surface area contributed by atoms with Gasteiger partial charge in [-0.25, -0.2) is 17.9 Å². The molecule has 0 amide bonds. The molecule has 0 fully saturated rings. The molecule has 0 spiro atoms. The highest BCUT2D eigenvalue weighted by atomic mass is 35.5. The number of anilines is 1. The van der Waals surface area contributed by atoms with Crippen LogP contribution in [0.15, 0.2) is 17.0 Å². The number of halogens is 2. The van der Waals surface area contributed by atoms with Gasteiger partial charge in [0.15, 0.2) is 0 Å². The highest BCUT2D eigenvalue weighted by Gasteiger charge is 2.25. The molecular weight excluding hydrogens is 345 g/mol. The van der Waals surface area contributed by atoms with Gasteiger partial charge in [-0.05, 0) is 17.3 Å². The monoisotopic (exact) mass is 351 g/mol. The van der Waals surface area contributed by atoms with E-state index in [2.05, 4.69) is 15.4 Å². The van der Waals surface area contributed by atoms with Crippen molar-refractivity contribution in [1.82, 2.24) is 20.2 Å². The Labute approximate surface area is 128 Å². The molecule has 12 heteroatoms. The summed E-state index contributed by atoms with van der Waals surface area (Å²) in [5, 5.41) is 18.9. The number of sulfonamides is 1. The number of aryl methyl sites for hydroxylation is 1. The molecule has 2 rings (SSSR count). The predicted octanol–water partition coefficient (Wildman–Crippen LogP) is 1.02. The molecule has 0 radical (unpaired) electrons. The quantitative estimate of drug-likeness (QED) is 0.841. The van der Waals surface area contributed by atoms with E-state index in [9.17, 15) is 13.2 Å². The highest BCUT2D eigenvalue weighted by Crippen LogP contribution is 2.31. The van der Waals surface area contributed by atoms with Gasteiger partial charge in [0.2, 0.25) is 0 Å². The molecule has 1 aromatic heterocycles. The van der Waals surface area contributed by atoms with Crippen molar-refractivity contribution >= 4 is 45.1 Å². The summed E-state index contributed by atoms with van der Waals surface area (Å²) in [5.41, 5.74) is -0.506. The normalized spacial score (nSPS) is 11.4. The van der Waals surface area contributed by atoms with E-state index in [1.807, 2.05) is 4.72 Å². The lowest BCUT2D eigenvalue weighted by Crippen LogP contribution is -2.16. The third-order valence-corrected chi connectivity index (χ3v) is 4.48. The van der Waals surface area contributed by atoms with Gasteiger partial charge in [-0.1, -0.05) is 28.3 Å². The number of nitrogens with one attached hydrogen (secondary N) is 1. The number of aromatic carboxylic acids is 1. The molecule has 0 bridgehead atoms. The van der Waals surface area contributed by atoms with Crippen LogP contribution < -0.4 is 4.72 Å². The maximum atomic E-state index is 12.2. The van der Waals surface area contributed by atoms with Gasteiger partial charge in [-0.2, -0.15) is 4.80 Å². The number of benzene rings is 1. The number of aromatic nitrogens is 4. The summed E-state index contributed by atoms with van der Waals surface area (Å²) in [6.07, 6.45) is 0. The van der Waals surface area contributed by atoms with Crippen molar-refractivity contribution in [2.24, 2.45) is 7.05 Å². The molecular formula is C9H7Cl2N5O4S. The molecule has 1 heterocycles. The maximum Gasteiger partial charge on any atom is 0.338 e. The van der Waals surface area contributed by atoms with Crippen molar-refractivity contribution in [2.45, 2.75) is 4.90 Å². The van der Waals surface area contributed by atoms with Gasteiger partial charge in [-0.15, -0.1) is 5.10 Å². The van der Waals surface area contributed by atoms with Crippen LogP contribution in [0.25, 0.3) is 0 Å². The lowest BCUT2D eigenvalue weighted by Gasteiger charge is -2.09. The Morgan fingerprint density at radius 1 is 1.38 bits per heavy atom. The minimum Gasteiger partial charge on any atom is -0.478 e. The van der Waals surface area contributed by atoms with Gasteiger partial charge >= 0.3 is 5.97 Å². The predicted molar refractivity (Wildman–Crippen MR) is 73.0 cm³/mol. The van der Waals surface area contributed by atoms with Crippen LogP contribution in [0.1, 0.15) is 10.4 Å². The number of nitrogens with zero attached hydrogens (tertiary/aromatic N) is 4. The fourth-order valence-electron chi connectivity index (χ4n) is 1.44. The first-order chi connectivity index (χ1) is 9.72. The molecule has 0 saturated heterocycles. The minimum atomic E-state index is -4.19. The van der Waals surface area contributed by atoms with Crippen LogP contribution in [-0.4, -0.2) is 39.7 Å².